The van der Waals surface area contributed by atoms with Crippen LogP contribution in [-0.4, -0.2) is 40.6 Å². The molecule has 3 aromatic rings. The number of hydrogen-bond acceptors (Lipinski definition) is 7. The van der Waals surface area contributed by atoms with Crippen LogP contribution >= 0.6 is 11.8 Å². The number of aryl methyl sites for hydroxylation is 2. The third-order valence-corrected chi connectivity index (χ3v) is 5.90. The highest BCUT2D eigenvalue weighted by Crippen LogP contribution is 2.30. The van der Waals surface area contributed by atoms with Crippen LogP contribution in [0.15, 0.2) is 41.6 Å². The second kappa shape index (κ2) is 10.4. The molecule has 0 fully saturated rings. The maximum absolute atomic E-state index is 12.5. The molecule has 1 atom stereocenters. The van der Waals surface area contributed by atoms with E-state index in [1.165, 1.54) is 17.3 Å². The minimum Gasteiger partial charge on any atom is -0.497 e. The van der Waals surface area contributed by atoms with Crippen LogP contribution in [0.25, 0.3) is 0 Å². The van der Waals surface area contributed by atoms with Gasteiger partial charge >= 0.3 is 0 Å². The van der Waals surface area contributed by atoms with Gasteiger partial charge in [0.1, 0.15) is 17.2 Å². The Kier molecular flexibility index (Phi) is 7.63. The summed E-state index contributed by atoms with van der Waals surface area (Å²) in [6.45, 7) is 6.00. The number of nitrogens with zero attached hydrogens (tertiary/aromatic N) is 3. The predicted octanol–water partition coefficient (Wildman–Crippen LogP) is 4.32. The van der Waals surface area contributed by atoms with E-state index in [-0.39, 0.29) is 17.8 Å². The number of methoxy groups -OCH3 is 2. The molecule has 3 rings (SSSR count). The van der Waals surface area contributed by atoms with Gasteiger partial charge in [-0.3, -0.25) is 4.79 Å². The van der Waals surface area contributed by atoms with Crippen LogP contribution in [0, 0.1) is 13.8 Å². The average Bonchev–Trinajstić information content (AvgIpc) is 3.14. The van der Waals surface area contributed by atoms with Gasteiger partial charge in [0.15, 0.2) is 17.1 Å². The Balaban J connectivity index is 1.61. The number of nitrogens with one attached hydrogen (secondary N) is 1. The zero-order valence-corrected chi connectivity index (χ0v) is 19.9. The normalized spacial score (nSPS) is 11.7. The van der Waals surface area contributed by atoms with E-state index in [9.17, 15) is 4.79 Å². The lowest BCUT2D eigenvalue weighted by molar-refractivity contribution is -0.113. The fourth-order valence-corrected chi connectivity index (χ4v) is 3.92. The van der Waals surface area contributed by atoms with Gasteiger partial charge in [-0.25, -0.2) is 0 Å². The number of carbonyl (C=O) groups is 1. The first kappa shape index (κ1) is 23.5. The molecule has 0 saturated carbocycles. The van der Waals surface area contributed by atoms with Crippen LogP contribution in [0.5, 0.6) is 17.2 Å². The molecule has 1 heterocycles. The Labute approximate surface area is 192 Å². The molecule has 2 aromatic carbocycles. The monoisotopic (exact) mass is 456 g/mol. The van der Waals surface area contributed by atoms with Gasteiger partial charge in [-0.1, -0.05) is 29.5 Å². The van der Waals surface area contributed by atoms with Crippen molar-refractivity contribution in [2.45, 2.75) is 32.0 Å². The smallest absolute Gasteiger partial charge is 0.234 e. The molecule has 0 bridgehead atoms. The van der Waals surface area contributed by atoms with Crippen molar-refractivity contribution in [1.82, 2.24) is 14.8 Å². The van der Waals surface area contributed by atoms with E-state index >= 15 is 0 Å². The second-order valence-corrected chi connectivity index (χ2v) is 8.27. The molecule has 1 N–H and O–H groups in total. The summed E-state index contributed by atoms with van der Waals surface area (Å²) in [5, 5.41) is 12.0. The van der Waals surface area contributed by atoms with Gasteiger partial charge in [0.25, 0.3) is 0 Å². The summed E-state index contributed by atoms with van der Waals surface area (Å²) in [7, 11) is 4.98. The van der Waals surface area contributed by atoms with Crippen LogP contribution in [0.3, 0.4) is 0 Å². The lowest BCUT2D eigenvalue weighted by Gasteiger charge is -2.16. The molecule has 0 aliphatic rings. The summed E-state index contributed by atoms with van der Waals surface area (Å²) in [5.41, 5.74) is 2.83. The molecule has 32 heavy (non-hydrogen) atoms. The van der Waals surface area contributed by atoms with Gasteiger partial charge in [-0.05, 0) is 44.5 Å². The number of rotatable bonds is 9. The Hall–Kier alpha value is -3.20. The second-order valence-electron chi connectivity index (χ2n) is 7.33. The predicted molar refractivity (Wildman–Crippen MR) is 125 cm³/mol. The summed E-state index contributed by atoms with van der Waals surface area (Å²) in [5.74, 6) is 2.67. The summed E-state index contributed by atoms with van der Waals surface area (Å²) < 4.78 is 18.4. The topological polar surface area (TPSA) is 87.5 Å². The first-order chi connectivity index (χ1) is 15.3. The summed E-state index contributed by atoms with van der Waals surface area (Å²) in [4.78, 5) is 12.5. The van der Waals surface area contributed by atoms with E-state index in [0.717, 1.165) is 11.3 Å². The number of amides is 1. The lowest BCUT2D eigenvalue weighted by atomic mass is 10.1. The molecule has 1 aromatic heterocycles. The molecule has 0 aliphatic carbocycles. The lowest BCUT2D eigenvalue weighted by Crippen LogP contribution is -2.15. The largest absolute Gasteiger partial charge is 0.497 e. The van der Waals surface area contributed by atoms with Gasteiger partial charge in [-0.2, -0.15) is 0 Å². The fraction of sp³-hybridized carbons (Fsp3) is 0.348. The van der Waals surface area contributed by atoms with E-state index in [1.54, 1.807) is 32.4 Å². The number of hydrogen-bond donors (Lipinski definition) is 1. The molecule has 8 nitrogen and oxygen atoms in total. The highest BCUT2D eigenvalue weighted by atomic mass is 32.2. The van der Waals surface area contributed by atoms with Crippen LogP contribution in [-0.2, 0) is 11.8 Å². The molecule has 170 valence electrons. The standard InChI is InChI=1S/C23H28N4O4S/c1-14-7-10-19(15(2)11-14)31-16(3)22-25-26-23(27(22)4)32-13-21(28)24-18-9-8-17(29-5)12-20(18)30-6/h7-12,16H,13H2,1-6H3,(H,24,28). The van der Waals surface area contributed by atoms with E-state index in [4.69, 9.17) is 14.2 Å². The zero-order chi connectivity index (χ0) is 23.3. The van der Waals surface area contributed by atoms with E-state index in [2.05, 4.69) is 21.6 Å². The Morgan fingerprint density at radius 3 is 2.56 bits per heavy atom. The zero-order valence-electron chi connectivity index (χ0n) is 19.1. The van der Waals surface area contributed by atoms with Crippen molar-refractivity contribution in [1.29, 1.82) is 0 Å². The minimum atomic E-state index is -0.291. The van der Waals surface area contributed by atoms with Gasteiger partial charge in [0, 0.05) is 13.1 Å². The number of ether oxygens (including phenoxy) is 3. The molecule has 1 unspecified atom stereocenters. The maximum atomic E-state index is 12.5. The maximum Gasteiger partial charge on any atom is 0.234 e. The number of benzene rings is 2. The number of aromatic nitrogens is 3. The third-order valence-electron chi connectivity index (χ3n) is 4.88. The molecule has 0 aliphatic heterocycles. The highest BCUT2D eigenvalue weighted by Gasteiger charge is 2.19. The van der Waals surface area contributed by atoms with Crippen molar-refractivity contribution in [2.75, 3.05) is 25.3 Å². The van der Waals surface area contributed by atoms with Crippen LogP contribution in [0.4, 0.5) is 5.69 Å². The van der Waals surface area contributed by atoms with Crippen LogP contribution in [0.1, 0.15) is 30.0 Å². The number of thioether (sulfide) groups is 1. The first-order valence-corrected chi connectivity index (χ1v) is 11.1. The van der Waals surface area contributed by atoms with Crippen molar-refractivity contribution in [3.63, 3.8) is 0 Å². The Morgan fingerprint density at radius 1 is 1.09 bits per heavy atom. The van der Waals surface area contributed by atoms with E-state index in [0.29, 0.717) is 28.2 Å². The Bertz CT molecular complexity index is 1100. The van der Waals surface area contributed by atoms with E-state index < -0.39 is 0 Å². The van der Waals surface area contributed by atoms with Crippen molar-refractivity contribution in [3.8, 4) is 17.2 Å². The third kappa shape index (κ3) is 5.53. The number of anilines is 1. The minimum absolute atomic E-state index is 0.174. The van der Waals surface area contributed by atoms with Gasteiger partial charge in [0.2, 0.25) is 5.91 Å². The highest BCUT2D eigenvalue weighted by molar-refractivity contribution is 7.99. The molecule has 0 radical (unpaired) electrons. The van der Waals surface area contributed by atoms with Crippen molar-refractivity contribution in [3.05, 3.63) is 53.3 Å². The van der Waals surface area contributed by atoms with E-state index in [1.807, 2.05) is 44.5 Å². The van der Waals surface area contributed by atoms with Crippen molar-refractivity contribution in [2.24, 2.45) is 7.05 Å². The summed E-state index contributed by atoms with van der Waals surface area (Å²) in [6, 6.07) is 11.3. The fourth-order valence-electron chi connectivity index (χ4n) is 3.20. The Morgan fingerprint density at radius 2 is 1.88 bits per heavy atom. The van der Waals surface area contributed by atoms with Crippen LogP contribution < -0.4 is 19.5 Å². The van der Waals surface area contributed by atoms with Gasteiger partial charge in [-0.15, -0.1) is 10.2 Å². The first-order valence-electron chi connectivity index (χ1n) is 10.1. The summed E-state index contributed by atoms with van der Waals surface area (Å²) in [6.07, 6.45) is -0.291. The molecular formula is C23H28N4O4S. The molecular weight excluding hydrogens is 428 g/mol. The summed E-state index contributed by atoms with van der Waals surface area (Å²) >= 11 is 1.30. The molecule has 0 spiro atoms. The molecule has 0 saturated heterocycles. The van der Waals surface area contributed by atoms with Crippen molar-refractivity contribution >= 4 is 23.4 Å². The van der Waals surface area contributed by atoms with Gasteiger partial charge < -0.3 is 24.1 Å². The average molecular weight is 457 g/mol. The van der Waals surface area contributed by atoms with Crippen molar-refractivity contribution < 1.29 is 19.0 Å². The number of carbonyl (C=O) groups excluding carboxylic acids is 1. The van der Waals surface area contributed by atoms with Crippen LogP contribution in [0.2, 0.25) is 0 Å². The SMILES string of the molecule is COc1ccc(NC(=O)CSc2nnc(C(C)Oc3ccc(C)cc3C)n2C)c(OC)c1. The quantitative estimate of drug-likeness (QED) is 0.480. The molecule has 9 heteroatoms. The molecule has 1 amide bonds. The van der Waals surface area contributed by atoms with Gasteiger partial charge in [0.05, 0.1) is 25.7 Å².